The van der Waals surface area contributed by atoms with Crippen LogP contribution < -0.4 is 0 Å². The van der Waals surface area contributed by atoms with Crippen LogP contribution in [-0.4, -0.2) is 0 Å². The molecule has 0 unspecified atom stereocenters. The Hall–Kier alpha value is -3.98. The van der Waals surface area contributed by atoms with Gasteiger partial charge in [0, 0.05) is 32.0 Å². The molecule has 36 heavy (non-hydrogen) atoms. The zero-order chi connectivity index (χ0) is 24.2. The molecule has 0 spiro atoms. The predicted octanol–water partition coefficient (Wildman–Crippen LogP) is 10.6. The molecule has 0 aliphatic rings. The highest BCUT2D eigenvalue weighted by molar-refractivity contribution is 7.13. The summed E-state index contributed by atoms with van der Waals surface area (Å²) in [6.07, 6.45) is 4.60. The maximum atomic E-state index is 2.30. The van der Waals surface area contributed by atoms with Gasteiger partial charge in [-0.3, -0.25) is 0 Å². The Morgan fingerprint density at radius 1 is 0.361 bits per heavy atom. The lowest BCUT2D eigenvalue weighted by Crippen LogP contribution is -1.83. The fourth-order valence-electron chi connectivity index (χ4n) is 4.61. The Labute approximate surface area is 220 Å². The molecule has 0 N–H and O–H groups in total. The highest BCUT2D eigenvalue weighted by Crippen LogP contribution is 2.43. The quantitative estimate of drug-likeness (QED) is 0.215. The molecule has 6 rings (SSSR count). The summed E-state index contributed by atoms with van der Waals surface area (Å²) in [5, 5.41) is 4.58. The topological polar surface area (TPSA) is 0 Å². The van der Waals surface area contributed by atoms with E-state index in [1.54, 1.807) is 0 Å². The van der Waals surface area contributed by atoms with Crippen molar-refractivity contribution in [3.63, 3.8) is 0 Å². The second-order valence-electron chi connectivity index (χ2n) is 8.57. The minimum Gasteiger partial charge on any atom is -0.143 e. The molecule has 0 bridgehead atoms. The minimum absolute atomic E-state index is 1.25. The molecule has 6 aromatic rings. The SMILES string of the molecule is C(=C\c1scc(-c2ccccc2)c1-c1ccccc1)/c1scc(-c2ccccc2)c1-c1ccccc1. The van der Waals surface area contributed by atoms with Crippen molar-refractivity contribution >= 4 is 34.8 Å². The van der Waals surface area contributed by atoms with Crippen molar-refractivity contribution in [1.82, 2.24) is 0 Å². The molecular weight excluding hydrogens is 473 g/mol. The van der Waals surface area contributed by atoms with Crippen LogP contribution in [0.1, 0.15) is 9.75 Å². The van der Waals surface area contributed by atoms with E-state index in [2.05, 4.69) is 144 Å². The van der Waals surface area contributed by atoms with Gasteiger partial charge >= 0.3 is 0 Å². The molecule has 172 valence electrons. The third-order valence-electron chi connectivity index (χ3n) is 6.32. The molecule has 2 heteroatoms. The summed E-state index contributed by atoms with van der Waals surface area (Å²) in [6, 6.07) is 42.8. The van der Waals surface area contributed by atoms with Crippen LogP contribution in [0.2, 0.25) is 0 Å². The Kier molecular flexibility index (Phi) is 6.45. The summed E-state index contributed by atoms with van der Waals surface area (Å²) in [4.78, 5) is 2.54. The normalized spacial score (nSPS) is 11.2. The molecule has 0 amide bonds. The Bertz CT molecular complexity index is 1470. The summed E-state index contributed by atoms with van der Waals surface area (Å²) < 4.78 is 0. The van der Waals surface area contributed by atoms with Gasteiger partial charge < -0.3 is 0 Å². The minimum atomic E-state index is 1.25. The van der Waals surface area contributed by atoms with Crippen LogP contribution in [0.5, 0.6) is 0 Å². The van der Waals surface area contributed by atoms with Crippen LogP contribution in [0.3, 0.4) is 0 Å². The molecule has 0 saturated carbocycles. The molecule has 4 aromatic carbocycles. The van der Waals surface area contributed by atoms with Crippen LogP contribution in [0.4, 0.5) is 0 Å². The Balaban J connectivity index is 1.48. The van der Waals surface area contributed by atoms with E-state index in [-0.39, 0.29) is 0 Å². The number of thiophene rings is 2. The van der Waals surface area contributed by atoms with Crippen molar-refractivity contribution in [3.05, 3.63) is 142 Å². The second kappa shape index (κ2) is 10.3. The zero-order valence-electron chi connectivity index (χ0n) is 19.7. The van der Waals surface area contributed by atoms with Gasteiger partial charge in [-0.25, -0.2) is 0 Å². The molecule has 0 radical (unpaired) electrons. The van der Waals surface area contributed by atoms with Gasteiger partial charge in [-0.15, -0.1) is 22.7 Å². The van der Waals surface area contributed by atoms with Gasteiger partial charge in [-0.2, -0.15) is 0 Å². The van der Waals surface area contributed by atoms with Crippen LogP contribution in [0.15, 0.2) is 132 Å². The maximum absolute atomic E-state index is 2.30. The molecule has 0 saturated heterocycles. The average molecular weight is 497 g/mol. The van der Waals surface area contributed by atoms with Gasteiger partial charge in [-0.1, -0.05) is 121 Å². The first-order chi connectivity index (χ1) is 17.9. The van der Waals surface area contributed by atoms with E-state index < -0.39 is 0 Å². The Morgan fingerprint density at radius 2 is 0.667 bits per heavy atom. The van der Waals surface area contributed by atoms with Gasteiger partial charge in [0.15, 0.2) is 0 Å². The molecule has 0 nitrogen and oxygen atoms in total. The van der Waals surface area contributed by atoms with Crippen molar-refractivity contribution in [2.45, 2.75) is 0 Å². The predicted molar refractivity (Wildman–Crippen MR) is 159 cm³/mol. The molecular formula is C34H24S2. The lowest BCUT2D eigenvalue weighted by molar-refractivity contribution is 1.63. The third kappa shape index (κ3) is 4.49. The first kappa shape index (κ1) is 22.5. The van der Waals surface area contributed by atoms with Gasteiger partial charge in [0.1, 0.15) is 0 Å². The van der Waals surface area contributed by atoms with Crippen molar-refractivity contribution in [2.24, 2.45) is 0 Å². The van der Waals surface area contributed by atoms with Crippen LogP contribution >= 0.6 is 22.7 Å². The van der Waals surface area contributed by atoms with E-state index in [1.165, 1.54) is 54.3 Å². The van der Waals surface area contributed by atoms with Crippen molar-refractivity contribution < 1.29 is 0 Å². The van der Waals surface area contributed by atoms with E-state index in [0.29, 0.717) is 0 Å². The van der Waals surface area contributed by atoms with E-state index in [0.717, 1.165) is 0 Å². The van der Waals surface area contributed by atoms with Crippen LogP contribution in [0.25, 0.3) is 56.7 Å². The van der Waals surface area contributed by atoms with Gasteiger partial charge in [0.2, 0.25) is 0 Å². The van der Waals surface area contributed by atoms with E-state index in [1.807, 2.05) is 22.7 Å². The number of hydrogen-bond donors (Lipinski definition) is 0. The summed E-state index contributed by atoms with van der Waals surface area (Å²) in [6.45, 7) is 0. The largest absolute Gasteiger partial charge is 0.143 e. The van der Waals surface area contributed by atoms with E-state index >= 15 is 0 Å². The summed E-state index contributed by atoms with van der Waals surface area (Å²) >= 11 is 3.62. The third-order valence-corrected chi connectivity index (χ3v) is 8.21. The van der Waals surface area contributed by atoms with Crippen molar-refractivity contribution in [3.8, 4) is 44.5 Å². The lowest BCUT2D eigenvalue weighted by atomic mass is 9.95. The lowest BCUT2D eigenvalue weighted by Gasteiger charge is -2.08. The number of rotatable bonds is 6. The molecule has 2 heterocycles. The summed E-state index contributed by atoms with van der Waals surface area (Å²) in [5.74, 6) is 0. The molecule has 0 aliphatic carbocycles. The summed E-state index contributed by atoms with van der Waals surface area (Å²) in [5.41, 5.74) is 10.2. The highest BCUT2D eigenvalue weighted by atomic mass is 32.1. The molecule has 0 fully saturated rings. The van der Waals surface area contributed by atoms with Gasteiger partial charge in [0.05, 0.1) is 0 Å². The first-order valence-corrected chi connectivity index (χ1v) is 13.8. The zero-order valence-corrected chi connectivity index (χ0v) is 21.3. The highest BCUT2D eigenvalue weighted by Gasteiger charge is 2.16. The number of hydrogen-bond acceptors (Lipinski definition) is 2. The fourth-order valence-corrected chi connectivity index (χ4v) is 6.59. The van der Waals surface area contributed by atoms with Crippen LogP contribution in [-0.2, 0) is 0 Å². The first-order valence-electron chi connectivity index (χ1n) is 12.0. The standard InChI is InChI=1S/C34H24S2/c1-5-13-25(14-6-1)29-23-35-31(33(29)27-17-9-3-10-18-27)21-22-32-34(28-19-11-4-12-20-28)30(24-36-32)26-15-7-2-8-16-26/h1-24H/b22-21+. The average Bonchev–Trinajstić information content (AvgIpc) is 3.58. The summed E-state index contributed by atoms with van der Waals surface area (Å²) in [7, 11) is 0. The van der Waals surface area contributed by atoms with Gasteiger partial charge in [-0.05, 0) is 45.2 Å². The number of benzene rings is 4. The monoisotopic (exact) mass is 496 g/mol. The molecule has 0 atom stereocenters. The molecule has 0 aliphatic heterocycles. The van der Waals surface area contributed by atoms with E-state index in [4.69, 9.17) is 0 Å². The van der Waals surface area contributed by atoms with Crippen LogP contribution in [0, 0.1) is 0 Å². The fraction of sp³-hybridized carbons (Fsp3) is 0. The second-order valence-corrected chi connectivity index (χ2v) is 10.4. The van der Waals surface area contributed by atoms with E-state index in [9.17, 15) is 0 Å². The Morgan fingerprint density at radius 3 is 1.00 bits per heavy atom. The van der Waals surface area contributed by atoms with Crippen molar-refractivity contribution in [1.29, 1.82) is 0 Å². The van der Waals surface area contributed by atoms with Gasteiger partial charge in [0.25, 0.3) is 0 Å². The molecule has 2 aromatic heterocycles. The maximum Gasteiger partial charge on any atom is 0.0355 e. The smallest absolute Gasteiger partial charge is 0.0355 e. The van der Waals surface area contributed by atoms with Crippen molar-refractivity contribution in [2.75, 3.05) is 0 Å².